The maximum Gasteiger partial charge on any atom is 0.231 e. The van der Waals surface area contributed by atoms with E-state index in [1.54, 1.807) is 7.11 Å². The van der Waals surface area contributed by atoms with Gasteiger partial charge in [0.05, 0.1) is 17.2 Å². The minimum atomic E-state index is 0.234. The molecule has 3 aromatic rings. The van der Waals surface area contributed by atoms with Crippen LogP contribution in [0.15, 0.2) is 48.5 Å². The molecule has 0 unspecified atom stereocenters. The van der Waals surface area contributed by atoms with Gasteiger partial charge in [-0.05, 0) is 47.0 Å². The number of hydrogen-bond acceptors (Lipinski definition) is 3. The summed E-state index contributed by atoms with van der Waals surface area (Å²) >= 11 is 12.7. The average molecular weight is 372 g/mol. The van der Waals surface area contributed by atoms with Crippen molar-refractivity contribution in [3.05, 3.63) is 64.6 Å². The fraction of sp³-hybridized carbons (Fsp3) is 0.100. The number of halogens is 2. The monoisotopic (exact) mass is 371 g/mol. The van der Waals surface area contributed by atoms with Crippen LogP contribution >= 0.6 is 23.2 Å². The van der Waals surface area contributed by atoms with E-state index in [2.05, 4.69) is 6.07 Å². The fourth-order valence-electron chi connectivity index (χ4n) is 2.83. The summed E-state index contributed by atoms with van der Waals surface area (Å²) in [5.41, 5.74) is 3.64. The molecule has 25 heavy (non-hydrogen) atoms. The average Bonchev–Trinajstić information content (AvgIpc) is 3.11. The van der Waals surface area contributed by atoms with Crippen molar-refractivity contribution in [2.75, 3.05) is 13.9 Å². The summed E-state index contributed by atoms with van der Waals surface area (Å²) in [5.74, 6) is 2.22. The van der Waals surface area contributed by atoms with Gasteiger partial charge >= 0.3 is 0 Å². The lowest BCUT2D eigenvalue weighted by molar-refractivity contribution is 0.174. The SMILES string of the molecule is COc1ccc(-c2c(-c3ccc4c(c3)OCO4)c[c]c(Cl)c2Cl)cc1. The van der Waals surface area contributed by atoms with Crippen LogP contribution in [0.1, 0.15) is 0 Å². The highest BCUT2D eigenvalue weighted by Crippen LogP contribution is 2.44. The van der Waals surface area contributed by atoms with Crippen LogP contribution in [0.3, 0.4) is 0 Å². The van der Waals surface area contributed by atoms with Crippen LogP contribution in [0, 0.1) is 6.07 Å². The Morgan fingerprint density at radius 1 is 0.960 bits per heavy atom. The maximum absolute atomic E-state index is 6.52. The Morgan fingerprint density at radius 2 is 1.68 bits per heavy atom. The van der Waals surface area contributed by atoms with E-state index < -0.39 is 0 Å². The quantitative estimate of drug-likeness (QED) is 0.576. The Labute approximate surface area is 155 Å². The molecule has 0 fully saturated rings. The summed E-state index contributed by atoms with van der Waals surface area (Å²) in [6.07, 6.45) is 0. The number of benzene rings is 3. The molecule has 1 aliphatic rings. The standard InChI is InChI=1S/C20H13Cl2O3/c1-23-14-5-2-12(3-6-14)19-15(7-8-16(21)20(19)22)13-4-9-17-18(10-13)25-11-24-17/h2-7,9-10H,11H2,1H3. The van der Waals surface area contributed by atoms with Gasteiger partial charge in [-0.25, -0.2) is 0 Å². The molecule has 5 heteroatoms. The van der Waals surface area contributed by atoms with Crippen LogP contribution in [0.4, 0.5) is 0 Å². The van der Waals surface area contributed by atoms with E-state index in [-0.39, 0.29) is 6.79 Å². The molecular formula is C20H13Cl2O3. The van der Waals surface area contributed by atoms with E-state index >= 15 is 0 Å². The van der Waals surface area contributed by atoms with Crippen LogP contribution in [0.5, 0.6) is 17.2 Å². The number of methoxy groups -OCH3 is 1. The largest absolute Gasteiger partial charge is 0.497 e. The lowest BCUT2D eigenvalue weighted by Crippen LogP contribution is -1.93. The van der Waals surface area contributed by atoms with Crippen molar-refractivity contribution in [1.82, 2.24) is 0 Å². The predicted octanol–water partition coefficient (Wildman–Crippen LogP) is 5.86. The van der Waals surface area contributed by atoms with Crippen molar-refractivity contribution in [1.29, 1.82) is 0 Å². The molecule has 0 amide bonds. The predicted molar refractivity (Wildman–Crippen MR) is 98.8 cm³/mol. The van der Waals surface area contributed by atoms with E-state index in [0.29, 0.717) is 15.8 Å². The second-order valence-electron chi connectivity index (χ2n) is 5.50. The van der Waals surface area contributed by atoms with E-state index in [1.165, 1.54) is 0 Å². The molecule has 0 saturated heterocycles. The Hall–Kier alpha value is -2.36. The molecule has 1 radical (unpaired) electrons. The Kier molecular flexibility index (Phi) is 4.20. The molecule has 125 valence electrons. The van der Waals surface area contributed by atoms with Crippen molar-refractivity contribution in [2.45, 2.75) is 0 Å². The van der Waals surface area contributed by atoms with E-state index in [1.807, 2.05) is 48.5 Å². The van der Waals surface area contributed by atoms with Gasteiger partial charge in [-0.3, -0.25) is 0 Å². The summed E-state index contributed by atoms with van der Waals surface area (Å²) in [6.45, 7) is 0.234. The topological polar surface area (TPSA) is 27.7 Å². The minimum absolute atomic E-state index is 0.234. The van der Waals surface area contributed by atoms with E-state index in [0.717, 1.165) is 33.8 Å². The van der Waals surface area contributed by atoms with Gasteiger partial charge in [-0.2, -0.15) is 0 Å². The highest BCUT2D eigenvalue weighted by molar-refractivity contribution is 6.44. The van der Waals surface area contributed by atoms with Crippen molar-refractivity contribution >= 4 is 23.2 Å². The first-order chi connectivity index (χ1) is 12.2. The van der Waals surface area contributed by atoms with Crippen LogP contribution in [-0.4, -0.2) is 13.9 Å². The van der Waals surface area contributed by atoms with Gasteiger partial charge in [0.1, 0.15) is 5.75 Å². The van der Waals surface area contributed by atoms with Gasteiger partial charge in [-0.15, -0.1) is 0 Å². The summed E-state index contributed by atoms with van der Waals surface area (Å²) in [5, 5.41) is 0.846. The number of fused-ring (bicyclic) bond motifs is 1. The van der Waals surface area contributed by atoms with E-state index in [9.17, 15) is 0 Å². The molecule has 4 rings (SSSR count). The first-order valence-corrected chi connectivity index (χ1v) is 8.37. The molecule has 1 aliphatic heterocycles. The van der Waals surface area contributed by atoms with Crippen LogP contribution < -0.4 is 14.2 Å². The summed E-state index contributed by atoms with van der Waals surface area (Å²) in [7, 11) is 1.63. The third-order valence-electron chi connectivity index (χ3n) is 4.09. The smallest absolute Gasteiger partial charge is 0.231 e. The van der Waals surface area contributed by atoms with Crippen molar-refractivity contribution in [3.63, 3.8) is 0 Å². The molecule has 0 aromatic heterocycles. The second-order valence-corrected chi connectivity index (χ2v) is 6.26. The zero-order chi connectivity index (χ0) is 17.4. The van der Waals surface area contributed by atoms with Gasteiger partial charge in [0, 0.05) is 11.6 Å². The normalized spacial score (nSPS) is 12.3. The molecule has 0 bridgehead atoms. The molecular weight excluding hydrogens is 359 g/mol. The zero-order valence-corrected chi connectivity index (χ0v) is 14.8. The summed E-state index contributed by atoms with van der Waals surface area (Å²) in [4.78, 5) is 0. The van der Waals surface area contributed by atoms with Gasteiger partial charge in [-0.1, -0.05) is 41.4 Å². The first-order valence-electron chi connectivity index (χ1n) is 7.61. The van der Waals surface area contributed by atoms with Gasteiger partial charge in [0.2, 0.25) is 6.79 Å². The highest BCUT2D eigenvalue weighted by atomic mass is 35.5. The highest BCUT2D eigenvalue weighted by Gasteiger charge is 2.18. The van der Waals surface area contributed by atoms with Gasteiger partial charge in [0.25, 0.3) is 0 Å². The Morgan fingerprint density at radius 3 is 2.44 bits per heavy atom. The molecule has 0 aliphatic carbocycles. The number of ether oxygens (including phenoxy) is 3. The molecule has 0 spiro atoms. The Bertz CT molecular complexity index is 936. The fourth-order valence-corrected chi connectivity index (χ4v) is 3.25. The minimum Gasteiger partial charge on any atom is -0.497 e. The van der Waals surface area contributed by atoms with Gasteiger partial charge in [0.15, 0.2) is 11.5 Å². The molecule has 3 nitrogen and oxygen atoms in total. The second kappa shape index (κ2) is 6.51. The van der Waals surface area contributed by atoms with Crippen LogP contribution in [-0.2, 0) is 0 Å². The van der Waals surface area contributed by atoms with Crippen LogP contribution in [0.25, 0.3) is 22.3 Å². The molecule has 3 aromatic carbocycles. The maximum atomic E-state index is 6.52. The molecule has 0 atom stereocenters. The lowest BCUT2D eigenvalue weighted by Gasteiger charge is -2.14. The van der Waals surface area contributed by atoms with Crippen molar-refractivity contribution < 1.29 is 14.2 Å². The summed E-state index contributed by atoms with van der Waals surface area (Å²) in [6, 6.07) is 18.3. The number of rotatable bonds is 3. The third kappa shape index (κ3) is 2.90. The molecule has 0 saturated carbocycles. The van der Waals surface area contributed by atoms with Crippen LogP contribution in [0.2, 0.25) is 10.0 Å². The van der Waals surface area contributed by atoms with Gasteiger partial charge < -0.3 is 14.2 Å². The molecule has 0 N–H and O–H groups in total. The molecule has 1 heterocycles. The Balaban J connectivity index is 1.89. The number of hydrogen-bond donors (Lipinski definition) is 0. The first kappa shape index (κ1) is 16.1. The van der Waals surface area contributed by atoms with Crippen molar-refractivity contribution in [3.8, 4) is 39.5 Å². The summed E-state index contributed by atoms with van der Waals surface area (Å²) < 4.78 is 16.1. The van der Waals surface area contributed by atoms with E-state index in [4.69, 9.17) is 37.4 Å². The zero-order valence-electron chi connectivity index (χ0n) is 13.3. The third-order valence-corrected chi connectivity index (χ3v) is 4.86. The lowest BCUT2D eigenvalue weighted by atomic mass is 9.94. The van der Waals surface area contributed by atoms with Crippen molar-refractivity contribution in [2.24, 2.45) is 0 Å².